The van der Waals surface area contributed by atoms with Gasteiger partial charge >= 0.3 is 0 Å². The molecule has 0 bridgehead atoms. The van der Waals surface area contributed by atoms with Crippen molar-refractivity contribution < 1.29 is 4.74 Å². The summed E-state index contributed by atoms with van der Waals surface area (Å²) in [4.78, 5) is 4.33. The van der Waals surface area contributed by atoms with Crippen LogP contribution < -0.4 is 10.5 Å². The standard InChI is InChI=1S/C17H22N2O/c1-12-8-13(10-18)11-19-16(12)20-15-7-5-6-14(9-15)17(2,3)4/h5-9,11H,10,18H2,1-4H3. The average molecular weight is 270 g/mol. The Morgan fingerprint density at radius 3 is 2.55 bits per heavy atom. The van der Waals surface area contributed by atoms with Crippen molar-refractivity contribution in [2.75, 3.05) is 0 Å². The first kappa shape index (κ1) is 14.5. The molecule has 106 valence electrons. The molecule has 0 saturated heterocycles. The summed E-state index contributed by atoms with van der Waals surface area (Å²) in [5.74, 6) is 1.45. The highest BCUT2D eigenvalue weighted by Gasteiger charge is 2.14. The Balaban J connectivity index is 2.26. The van der Waals surface area contributed by atoms with E-state index in [1.54, 1.807) is 6.20 Å². The number of benzene rings is 1. The Morgan fingerprint density at radius 1 is 1.20 bits per heavy atom. The van der Waals surface area contributed by atoms with Crippen LogP contribution in [0, 0.1) is 6.92 Å². The van der Waals surface area contributed by atoms with Crippen molar-refractivity contribution in [3.63, 3.8) is 0 Å². The second kappa shape index (κ2) is 5.63. The molecule has 1 aromatic carbocycles. The molecule has 0 aliphatic carbocycles. The lowest BCUT2D eigenvalue weighted by Crippen LogP contribution is -2.10. The molecule has 0 saturated carbocycles. The number of ether oxygens (including phenoxy) is 1. The van der Waals surface area contributed by atoms with Gasteiger partial charge in [0, 0.05) is 18.3 Å². The zero-order valence-corrected chi connectivity index (χ0v) is 12.6. The van der Waals surface area contributed by atoms with Gasteiger partial charge in [-0.2, -0.15) is 0 Å². The summed E-state index contributed by atoms with van der Waals surface area (Å²) in [6, 6.07) is 10.2. The number of rotatable bonds is 3. The Labute approximate surface area is 120 Å². The van der Waals surface area contributed by atoms with Crippen LogP contribution in [0.1, 0.15) is 37.5 Å². The van der Waals surface area contributed by atoms with Crippen LogP contribution in [0.15, 0.2) is 36.5 Å². The number of pyridine rings is 1. The Bertz CT molecular complexity index is 600. The molecule has 0 atom stereocenters. The molecule has 0 aliphatic rings. The SMILES string of the molecule is Cc1cc(CN)cnc1Oc1cccc(C(C)(C)C)c1. The molecule has 2 N–H and O–H groups in total. The number of hydrogen-bond donors (Lipinski definition) is 1. The maximum Gasteiger partial charge on any atom is 0.222 e. The van der Waals surface area contributed by atoms with Crippen molar-refractivity contribution in [1.29, 1.82) is 0 Å². The molecule has 3 nitrogen and oxygen atoms in total. The molecule has 2 aromatic rings. The molecule has 1 aromatic heterocycles. The fraction of sp³-hybridized carbons (Fsp3) is 0.353. The molecule has 20 heavy (non-hydrogen) atoms. The summed E-state index contributed by atoms with van der Waals surface area (Å²) < 4.78 is 5.89. The van der Waals surface area contributed by atoms with Crippen molar-refractivity contribution in [3.05, 3.63) is 53.2 Å². The third-order valence-electron chi connectivity index (χ3n) is 3.24. The Morgan fingerprint density at radius 2 is 1.95 bits per heavy atom. The first-order chi connectivity index (χ1) is 9.40. The van der Waals surface area contributed by atoms with Gasteiger partial charge in [0.25, 0.3) is 0 Å². The van der Waals surface area contributed by atoms with Gasteiger partial charge < -0.3 is 10.5 Å². The monoisotopic (exact) mass is 270 g/mol. The topological polar surface area (TPSA) is 48.1 Å². The van der Waals surface area contributed by atoms with Gasteiger partial charge in [-0.25, -0.2) is 4.98 Å². The largest absolute Gasteiger partial charge is 0.439 e. The van der Waals surface area contributed by atoms with Crippen molar-refractivity contribution >= 4 is 0 Å². The number of hydrogen-bond acceptors (Lipinski definition) is 3. The lowest BCUT2D eigenvalue weighted by atomic mass is 9.87. The minimum Gasteiger partial charge on any atom is -0.439 e. The van der Waals surface area contributed by atoms with Crippen LogP contribution in [0.25, 0.3) is 0 Å². The van der Waals surface area contributed by atoms with Crippen molar-refractivity contribution in [2.45, 2.75) is 39.7 Å². The predicted octanol–water partition coefficient (Wildman–Crippen LogP) is 3.94. The van der Waals surface area contributed by atoms with E-state index in [4.69, 9.17) is 10.5 Å². The minimum absolute atomic E-state index is 0.102. The van der Waals surface area contributed by atoms with Crippen molar-refractivity contribution in [2.24, 2.45) is 5.73 Å². The van der Waals surface area contributed by atoms with Crippen molar-refractivity contribution in [1.82, 2.24) is 4.98 Å². The third kappa shape index (κ3) is 3.36. The van der Waals surface area contributed by atoms with Gasteiger partial charge in [-0.1, -0.05) is 32.9 Å². The predicted molar refractivity (Wildman–Crippen MR) is 82.1 cm³/mol. The molecule has 0 fully saturated rings. The smallest absolute Gasteiger partial charge is 0.222 e. The molecule has 0 aliphatic heterocycles. The van der Waals surface area contributed by atoms with Crippen LogP contribution in [0.2, 0.25) is 0 Å². The molecule has 0 amide bonds. The van der Waals surface area contributed by atoms with Crippen LogP contribution in [0.3, 0.4) is 0 Å². The summed E-state index contributed by atoms with van der Waals surface area (Å²) >= 11 is 0. The Kier molecular flexibility index (Phi) is 4.09. The normalized spacial score (nSPS) is 11.4. The van der Waals surface area contributed by atoms with Gasteiger partial charge in [0.2, 0.25) is 5.88 Å². The molecular formula is C17H22N2O. The van der Waals surface area contributed by atoms with E-state index < -0.39 is 0 Å². The number of aryl methyl sites for hydroxylation is 1. The summed E-state index contributed by atoms with van der Waals surface area (Å²) in [5.41, 5.74) is 8.96. The lowest BCUT2D eigenvalue weighted by Gasteiger charge is -2.19. The van der Waals surface area contributed by atoms with Crippen LogP contribution in [0.4, 0.5) is 0 Å². The second-order valence-corrected chi connectivity index (χ2v) is 6.05. The molecule has 0 unspecified atom stereocenters. The van der Waals surface area contributed by atoms with E-state index in [-0.39, 0.29) is 5.41 Å². The van der Waals surface area contributed by atoms with E-state index in [2.05, 4.69) is 37.9 Å². The highest BCUT2D eigenvalue weighted by Crippen LogP contribution is 2.28. The van der Waals surface area contributed by atoms with Crippen LogP contribution in [-0.2, 0) is 12.0 Å². The summed E-state index contributed by atoms with van der Waals surface area (Å²) in [6.07, 6.45) is 1.76. The number of nitrogens with zero attached hydrogens (tertiary/aromatic N) is 1. The van der Waals surface area contributed by atoms with Gasteiger partial charge in [-0.3, -0.25) is 0 Å². The maximum atomic E-state index is 5.89. The molecule has 1 heterocycles. The van der Waals surface area contributed by atoms with Gasteiger partial charge in [0.05, 0.1) is 0 Å². The minimum atomic E-state index is 0.102. The quantitative estimate of drug-likeness (QED) is 0.919. The third-order valence-corrected chi connectivity index (χ3v) is 3.24. The Hall–Kier alpha value is -1.87. The fourth-order valence-electron chi connectivity index (χ4n) is 1.98. The van der Waals surface area contributed by atoms with Crippen molar-refractivity contribution in [3.8, 4) is 11.6 Å². The average Bonchev–Trinajstić information content (AvgIpc) is 2.40. The van der Waals surface area contributed by atoms with Crippen LogP contribution >= 0.6 is 0 Å². The summed E-state index contributed by atoms with van der Waals surface area (Å²) in [7, 11) is 0. The van der Waals surface area contributed by atoms with Gasteiger partial charge in [0.15, 0.2) is 0 Å². The molecule has 3 heteroatoms. The van der Waals surface area contributed by atoms with E-state index in [1.165, 1.54) is 5.56 Å². The first-order valence-corrected chi connectivity index (χ1v) is 6.84. The molecule has 0 radical (unpaired) electrons. The first-order valence-electron chi connectivity index (χ1n) is 6.84. The zero-order valence-electron chi connectivity index (χ0n) is 12.6. The van der Waals surface area contributed by atoms with Gasteiger partial charge in [-0.15, -0.1) is 0 Å². The number of aromatic nitrogens is 1. The fourth-order valence-corrected chi connectivity index (χ4v) is 1.98. The number of nitrogens with two attached hydrogens (primary N) is 1. The lowest BCUT2D eigenvalue weighted by molar-refractivity contribution is 0.455. The molecular weight excluding hydrogens is 248 g/mol. The summed E-state index contributed by atoms with van der Waals surface area (Å²) in [5, 5.41) is 0. The van der Waals surface area contributed by atoms with E-state index in [9.17, 15) is 0 Å². The molecule has 0 spiro atoms. The van der Waals surface area contributed by atoms with Gasteiger partial charge in [-0.05, 0) is 41.7 Å². The van der Waals surface area contributed by atoms with E-state index in [1.807, 2.05) is 25.1 Å². The van der Waals surface area contributed by atoms with Crippen LogP contribution in [0.5, 0.6) is 11.6 Å². The van der Waals surface area contributed by atoms with E-state index in [0.717, 1.165) is 16.9 Å². The highest BCUT2D eigenvalue weighted by molar-refractivity contribution is 5.37. The van der Waals surface area contributed by atoms with Crippen LogP contribution in [-0.4, -0.2) is 4.98 Å². The molecule has 2 rings (SSSR count). The summed E-state index contributed by atoms with van der Waals surface area (Å²) in [6.45, 7) is 9.03. The maximum absolute atomic E-state index is 5.89. The second-order valence-electron chi connectivity index (χ2n) is 6.05. The van der Waals surface area contributed by atoms with Gasteiger partial charge in [0.1, 0.15) is 5.75 Å². The van der Waals surface area contributed by atoms with E-state index in [0.29, 0.717) is 12.4 Å². The van der Waals surface area contributed by atoms with E-state index >= 15 is 0 Å². The highest BCUT2D eigenvalue weighted by atomic mass is 16.5. The zero-order chi connectivity index (χ0) is 14.8.